The van der Waals surface area contributed by atoms with E-state index in [-0.39, 0.29) is 5.91 Å². The van der Waals surface area contributed by atoms with Gasteiger partial charge in [-0.25, -0.2) is 0 Å². The summed E-state index contributed by atoms with van der Waals surface area (Å²) in [5.41, 5.74) is 5.86. The number of hydrogen-bond acceptors (Lipinski definition) is 3. The van der Waals surface area contributed by atoms with Crippen LogP contribution in [0.4, 0.5) is 0 Å². The van der Waals surface area contributed by atoms with Gasteiger partial charge in [0.15, 0.2) is 0 Å². The van der Waals surface area contributed by atoms with Crippen molar-refractivity contribution in [3.63, 3.8) is 0 Å². The molecule has 1 aliphatic rings. The maximum absolute atomic E-state index is 11.0. The predicted octanol–water partition coefficient (Wildman–Crippen LogP) is 2.52. The minimum absolute atomic E-state index is 0.334. The van der Waals surface area contributed by atoms with Gasteiger partial charge in [0.2, 0.25) is 5.91 Å². The van der Waals surface area contributed by atoms with E-state index in [1.807, 2.05) is 11.4 Å². The lowest BCUT2D eigenvalue weighted by Crippen LogP contribution is -2.32. The van der Waals surface area contributed by atoms with Gasteiger partial charge in [0.05, 0.1) is 5.56 Å². The second kappa shape index (κ2) is 5.65. The van der Waals surface area contributed by atoms with Gasteiger partial charge in [0, 0.05) is 22.8 Å². The van der Waals surface area contributed by atoms with Crippen LogP contribution in [0.2, 0.25) is 0 Å². The zero-order valence-corrected chi connectivity index (χ0v) is 11.1. The van der Waals surface area contributed by atoms with E-state index in [2.05, 4.69) is 12.2 Å². The number of rotatable bonds is 4. The molecule has 2 rings (SSSR count). The fourth-order valence-electron chi connectivity index (χ4n) is 2.31. The predicted molar refractivity (Wildman–Crippen MR) is 71.1 cm³/mol. The maximum Gasteiger partial charge on any atom is 0.249 e. The van der Waals surface area contributed by atoms with Crippen LogP contribution in [0.5, 0.6) is 0 Å². The van der Waals surface area contributed by atoms with Crippen LogP contribution in [0.15, 0.2) is 11.4 Å². The number of hydrogen-bond donors (Lipinski definition) is 2. The average molecular weight is 252 g/mol. The normalized spacial score (nSPS) is 24.8. The molecule has 0 bridgehead atoms. The Labute approximate surface area is 106 Å². The van der Waals surface area contributed by atoms with Gasteiger partial charge in [-0.2, -0.15) is 0 Å². The summed E-state index contributed by atoms with van der Waals surface area (Å²) in [6, 6.07) is 2.54. The number of carbonyl (C=O) groups is 1. The SMILES string of the molecule is CC1CCC(NCc2cc(C(N)=O)cs2)CC1. The van der Waals surface area contributed by atoms with Crippen molar-refractivity contribution in [2.24, 2.45) is 11.7 Å². The molecule has 3 N–H and O–H groups in total. The molecule has 0 radical (unpaired) electrons. The third-order valence-corrected chi connectivity index (χ3v) is 4.46. The fraction of sp³-hybridized carbons (Fsp3) is 0.615. The van der Waals surface area contributed by atoms with Crippen LogP contribution in [0.25, 0.3) is 0 Å². The van der Waals surface area contributed by atoms with Crippen molar-refractivity contribution in [3.8, 4) is 0 Å². The second-order valence-electron chi connectivity index (χ2n) is 5.00. The lowest BCUT2D eigenvalue weighted by molar-refractivity contribution is 0.100. The van der Waals surface area contributed by atoms with Gasteiger partial charge in [-0.05, 0) is 37.7 Å². The molecule has 0 unspecified atom stereocenters. The molecule has 3 nitrogen and oxygen atoms in total. The molecular formula is C13H20N2OS. The molecule has 0 atom stereocenters. The summed E-state index contributed by atoms with van der Waals surface area (Å²) >= 11 is 1.60. The van der Waals surface area contributed by atoms with E-state index in [0.717, 1.165) is 12.5 Å². The van der Waals surface area contributed by atoms with E-state index < -0.39 is 0 Å². The first-order chi connectivity index (χ1) is 8.15. The van der Waals surface area contributed by atoms with Crippen LogP contribution in [-0.4, -0.2) is 11.9 Å². The van der Waals surface area contributed by atoms with Crippen molar-refractivity contribution in [3.05, 3.63) is 21.9 Å². The first-order valence-corrected chi connectivity index (χ1v) is 7.13. The lowest BCUT2D eigenvalue weighted by Gasteiger charge is -2.26. The minimum Gasteiger partial charge on any atom is -0.366 e. The van der Waals surface area contributed by atoms with E-state index >= 15 is 0 Å². The zero-order valence-electron chi connectivity index (χ0n) is 10.2. The molecule has 1 fully saturated rings. The van der Waals surface area contributed by atoms with E-state index in [0.29, 0.717) is 11.6 Å². The van der Waals surface area contributed by atoms with Crippen LogP contribution < -0.4 is 11.1 Å². The largest absolute Gasteiger partial charge is 0.366 e. The highest BCUT2D eigenvalue weighted by Gasteiger charge is 2.17. The van der Waals surface area contributed by atoms with Crippen molar-refractivity contribution < 1.29 is 4.79 Å². The Balaban J connectivity index is 1.79. The highest BCUT2D eigenvalue weighted by Crippen LogP contribution is 2.24. The smallest absolute Gasteiger partial charge is 0.249 e. The monoisotopic (exact) mass is 252 g/mol. The quantitative estimate of drug-likeness (QED) is 0.865. The summed E-state index contributed by atoms with van der Waals surface area (Å²) in [7, 11) is 0. The number of amides is 1. The average Bonchev–Trinajstić information content (AvgIpc) is 2.77. The standard InChI is InChI=1S/C13H20N2OS/c1-9-2-4-11(5-3-9)15-7-12-6-10(8-17-12)13(14)16/h6,8-9,11,15H,2-5,7H2,1H3,(H2,14,16). The van der Waals surface area contributed by atoms with E-state index in [1.54, 1.807) is 11.3 Å². The van der Waals surface area contributed by atoms with Gasteiger partial charge < -0.3 is 11.1 Å². The topological polar surface area (TPSA) is 55.1 Å². The third-order valence-electron chi connectivity index (χ3n) is 3.52. The van der Waals surface area contributed by atoms with Gasteiger partial charge in [0.25, 0.3) is 0 Å². The Morgan fingerprint density at radius 2 is 2.18 bits per heavy atom. The molecular weight excluding hydrogens is 232 g/mol. The number of nitrogens with two attached hydrogens (primary N) is 1. The molecule has 1 aromatic heterocycles. The summed E-state index contributed by atoms with van der Waals surface area (Å²) in [5.74, 6) is 0.551. The van der Waals surface area contributed by atoms with Gasteiger partial charge in [-0.15, -0.1) is 11.3 Å². The number of carbonyl (C=O) groups excluding carboxylic acids is 1. The molecule has 1 aliphatic carbocycles. The Morgan fingerprint density at radius 3 is 2.76 bits per heavy atom. The van der Waals surface area contributed by atoms with E-state index in [1.165, 1.54) is 30.6 Å². The van der Waals surface area contributed by atoms with Crippen LogP contribution in [-0.2, 0) is 6.54 Å². The van der Waals surface area contributed by atoms with Gasteiger partial charge >= 0.3 is 0 Å². The first kappa shape index (κ1) is 12.6. The van der Waals surface area contributed by atoms with Crippen LogP contribution >= 0.6 is 11.3 Å². The molecule has 0 saturated heterocycles. The first-order valence-electron chi connectivity index (χ1n) is 6.25. The summed E-state index contributed by atoms with van der Waals surface area (Å²) in [4.78, 5) is 12.2. The maximum atomic E-state index is 11.0. The van der Waals surface area contributed by atoms with Crippen molar-refractivity contribution >= 4 is 17.2 Å². The molecule has 1 aromatic rings. The Hall–Kier alpha value is -0.870. The highest BCUT2D eigenvalue weighted by molar-refractivity contribution is 7.10. The van der Waals surface area contributed by atoms with Crippen molar-refractivity contribution in [1.82, 2.24) is 5.32 Å². The second-order valence-corrected chi connectivity index (χ2v) is 6.00. The molecule has 1 heterocycles. The number of thiophene rings is 1. The third kappa shape index (κ3) is 3.54. The van der Waals surface area contributed by atoms with Crippen molar-refractivity contribution in [2.45, 2.75) is 45.2 Å². The molecule has 17 heavy (non-hydrogen) atoms. The Kier molecular flexibility index (Phi) is 4.18. The molecule has 1 amide bonds. The molecule has 1 saturated carbocycles. The summed E-state index contributed by atoms with van der Waals surface area (Å²) in [6.45, 7) is 3.19. The zero-order chi connectivity index (χ0) is 12.3. The summed E-state index contributed by atoms with van der Waals surface area (Å²) in [6.07, 6.45) is 5.20. The molecule has 94 valence electrons. The van der Waals surface area contributed by atoms with Gasteiger partial charge in [0.1, 0.15) is 0 Å². The Bertz CT molecular complexity index is 381. The summed E-state index contributed by atoms with van der Waals surface area (Å²) in [5, 5.41) is 5.40. The number of nitrogens with one attached hydrogen (secondary N) is 1. The van der Waals surface area contributed by atoms with Crippen LogP contribution in [0.3, 0.4) is 0 Å². The highest BCUT2D eigenvalue weighted by atomic mass is 32.1. The van der Waals surface area contributed by atoms with E-state index in [4.69, 9.17) is 5.73 Å². The number of primary amides is 1. The molecule has 0 aliphatic heterocycles. The molecule has 0 spiro atoms. The van der Waals surface area contributed by atoms with Crippen LogP contribution in [0, 0.1) is 5.92 Å². The lowest BCUT2D eigenvalue weighted by atomic mass is 9.87. The van der Waals surface area contributed by atoms with E-state index in [9.17, 15) is 4.79 Å². The minimum atomic E-state index is -0.334. The summed E-state index contributed by atoms with van der Waals surface area (Å²) < 4.78 is 0. The van der Waals surface area contributed by atoms with Crippen molar-refractivity contribution in [2.75, 3.05) is 0 Å². The Morgan fingerprint density at radius 1 is 1.47 bits per heavy atom. The van der Waals surface area contributed by atoms with Crippen molar-refractivity contribution in [1.29, 1.82) is 0 Å². The van der Waals surface area contributed by atoms with Crippen LogP contribution in [0.1, 0.15) is 47.8 Å². The molecule has 0 aromatic carbocycles. The fourth-order valence-corrected chi connectivity index (χ4v) is 3.14. The van der Waals surface area contributed by atoms with Gasteiger partial charge in [-0.3, -0.25) is 4.79 Å². The molecule has 4 heteroatoms. The van der Waals surface area contributed by atoms with Gasteiger partial charge in [-0.1, -0.05) is 6.92 Å².